The van der Waals surface area contributed by atoms with Crippen LogP contribution in [0.25, 0.3) is 10.9 Å². The number of aliphatic hydroxyl groups is 5. The average Bonchev–Trinajstić information content (AvgIpc) is 2.75. The van der Waals surface area contributed by atoms with Gasteiger partial charge in [-0.3, -0.25) is 0 Å². The Hall–Kier alpha value is -2.41. The molecule has 3 rings (SSSR count). The average molecular weight is 480 g/mol. The van der Waals surface area contributed by atoms with Gasteiger partial charge in [0.1, 0.15) is 36.3 Å². The molecule has 0 fully saturated rings. The van der Waals surface area contributed by atoms with Gasteiger partial charge in [-0.15, -0.1) is 0 Å². The van der Waals surface area contributed by atoms with Crippen molar-refractivity contribution in [3.63, 3.8) is 0 Å². The van der Waals surface area contributed by atoms with Gasteiger partial charge in [-0.2, -0.15) is 0 Å². The molecule has 0 aliphatic heterocycles. The van der Waals surface area contributed by atoms with Crippen LogP contribution in [0.5, 0.6) is 0 Å². The van der Waals surface area contributed by atoms with Gasteiger partial charge in [-0.25, -0.2) is 15.0 Å². The van der Waals surface area contributed by atoms with Gasteiger partial charge in [0.05, 0.1) is 23.6 Å². The van der Waals surface area contributed by atoms with E-state index in [9.17, 15) is 20.4 Å². The lowest BCUT2D eigenvalue weighted by Gasteiger charge is -2.25. The van der Waals surface area contributed by atoms with E-state index in [-0.39, 0.29) is 6.54 Å². The number of benzene rings is 1. The second kappa shape index (κ2) is 10.1. The van der Waals surface area contributed by atoms with Crippen molar-refractivity contribution in [1.82, 2.24) is 15.0 Å². The van der Waals surface area contributed by atoms with Gasteiger partial charge < -0.3 is 36.2 Å². The summed E-state index contributed by atoms with van der Waals surface area (Å²) >= 11 is 3.42. The zero-order valence-corrected chi connectivity index (χ0v) is 17.3. The highest BCUT2D eigenvalue weighted by Gasteiger charge is 2.29. The zero-order chi connectivity index (χ0) is 21.7. The molecule has 7 N–H and O–H groups in total. The molecule has 4 atom stereocenters. The molecular formula is C19H22BrN5O5. The van der Waals surface area contributed by atoms with Crippen LogP contribution in [0.4, 0.5) is 17.3 Å². The van der Waals surface area contributed by atoms with Crippen LogP contribution in [-0.2, 0) is 0 Å². The summed E-state index contributed by atoms with van der Waals surface area (Å²) in [6.45, 7) is -0.885. The predicted octanol–water partition coefficient (Wildman–Crippen LogP) is 0.379. The summed E-state index contributed by atoms with van der Waals surface area (Å²) in [5.74, 6) is 0.965. The lowest BCUT2D eigenvalue weighted by atomic mass is 10.0. The van der Waals surface area contributed by atoms with E-state index in [2.05, 4.69) is 41.5 Å². The Morgan fingerprint density at radius 2 is 1.73 bits per heavy atom. The molecule has 11 heteroatoms. The van der Waals surface area contributed by atoms with Crippen molar-refractivity contribution in [1.29, 1.82) is 0 Å². The van der Waals surface area contributed by atoms with E-state index in [1.165, 1.54) is 6.33 Å². The van der Waals surface area contributed by atoms with Crippen LogP contribution in [0, 0.1) is 0 Å². The van der Waals surface area contributed by atoms with E-state index < -0.39 is 31.0 Å². The summed E-state index contributed by atoms with van der Waals surface area (Å²) in [6, 6.07) is 9.27. The Kier molecular flexibility index (Phi) is 7.48. The first-order valence-electron chi connectivity index (χ1n) is 9.09. The lowest BCUT2D eigenvalue weighted by Crippen LogP contribution is -2.48. The van der Waals surface area contributed by atoms with Crippen molar-refractivity contribution in [2.45, 2.75) is 24.4 Å². The second-order valence-corrected chi connectivity index (χ2v) is 7.54. The molecule has 3 aromatic rings. The zero-order valence-electron chi connectivity index (χ0n) is 15.7. The molecule has 0 aliphatic carbocycles. The fourth-order valence-corrected chi connectivity index (χ4v) is 3.14. The molecular weight excluding hydrogens is 458 g/mol. The second-order valence-electron chi connectivity index (χ2n) is 6.62. The molecule has 0 bridgehead atoms. The van der Waals surface area contributed by atoms with Crippen LogP contribution < -0.4 is 10.6 Å². The van der Waals surface area contributed by atoms with E-state index in [1.807, 2.05) is 24.3 Å². The number of hydrogen-bond acceptors (Lipinski definition) is 10. The minimum absolute atomic E-state index is 0.150. The van der Waals surface area contributed by atoms with E-state index in [1.54, 1.807) is 12.3 Å². The Bertz CT molecular complexity index is 994. The summed E-state index contributed by atoms with van der Waals surface area (Å²) in [4.78, 5) is 12.8. The van der Waals surface area contributed by atoms with E-state index in [0.29, 0.717) is 22.5 Å². The van der Waals surface area contributed by atoms with Crippen LogP contribution in [0.15, 0.2) is 47.3 Å². The van der Waals surface area contributed by atoms with Crippen molar-refractivity contribution in [2.75, 3.05) is 23.8 Å². The number of fused-ring (bicyclic) bond motifs is 1. The first-order chi connectivity index (χ1) is 14.4. The molecule has 4 unspecified atom stereocenters. The summed E-state index contributed by atoms with van der Waals surface area (Å²) in [5.41, 5.74) is 1.44. The Labute approximate surface area is 180 Å². The molecule has 2 heterocycles. The number of nitrogens with zero attached hydrogens (tertiary/aromatic N) is 3. The molecule has 1 aromatic carbocycles. The van der Waals surface area contributed by atoms with E-state index in [0.717, 1.165) is 10.2 Å². The number of aromatic nitrogens is 3. The number of hydrogen-bond donors (Lipinski definition) is 7. The highest BCUT2D eigenvalue weighted by Crippen LogP contribution is 2.25. The van der Waals surface area contributed by atoms with Crippen LogP contribution >= 0.6 is 15.9 Å². The summed E-state index contributed by atoms with van der Waals surface area (Å²) in [7, 11) is 0. The largest absolute Gasteiger partial charge is 0.394 e. The van der Waals surface area contributed by atoms with Gasteiger partial charge in [0.25, 0.3) is 0 Å². The van der Waals surface area contributed by atoms with Crippen molar-refractivity contribution < 1.29 is 25.5 Å². The normalized spacial score (nSPS) is 15.4. The Morgan fingerprint density at radius 1 is 0.967 bits per heavy atom. The van der Waals surface area contributed by atoms with Crippen LogP contribution in [0.1, 0.15) is 0 Å². The molecule has 0 spiro atoms. The quantitative estimate of drug-likeness (QED) is 0.228. The van der Waals surface area contributed by atoms with E-state index in [4.69, 9.17) is 5.11 Å². The maximum Gasteiger partial charge on any atom is 0.143 e. The first kappa shape index (κ1) is 22.3. The molecule has 0 saturated heterocycles. The molecule has 0 aliphatic rings. The standard InChI is InChI=1S/C19H22BrN5O5/c20-10-2-1-3-11(4-10)25-19-12-6-21-16(5-13(12)23-9-24-19)22-7-14(27)17(29)18(30)15(28)8-26/h1-6,9,14-15,17-18,26-30H,7-8H2,(H,21,22)(H,23,24,25). The third-order valence-electron chi connectivity index (χ3n) is 4.43. The van der Waals surface area contributed by atoms with Crippen molar-refractivity contribution in [3.8, 4) is 0 Å². The smallest absolute Gasteiger partial charge is 0.143 e. The van der Waals surface area contributed by atoms with Gasteiger partial charge in [0, 0.05) is 29.0 Å². The fraction of sp³-hybridized carbons (Fsp3) is 0.316. The lowest BCUT2D eigenvalue weighted by molar-refractivity contribution is -0.111. The Balaban J connectivity index is 1.70. The molecule has 30 heavy (non-hydrogen) atoms. The topological polar surface area (TPSA) is 164 Å². The van der Waals surface area contributed by atoms with Gasteiger partial charge in [0.2, 0.25) is 0 Å². The Morgan fingerprint density at radius 3 is 2.47 bits per heavy atom. The molecule has 160 valence electrons. The van der Waals surface area contributed by atoms with Crippen molar-refractivity contribution in [3.05, 3.63) is 47.3 Å². The van der Waals surface area contributed by atoms with Crippen LogP contribution in [-0.4, -0.2) is 78.1 Å². The first-order valence-corrected chi connectivity index (χ1v) is 9.88. The maximum atomic E-state index is 10.0. The summed E-state index contributed by atoms with van der Waals surface area (Å²) in [5, 5.41) is 54.5. The van der Waals surface area contributed by atoms with Crippen LogP contribution in [0.3, 0.4) is 0 Å². The molecule has 2 aromatic heterocycles. The van der Waals surface area contributed by atoms with Gasteiger partial charge in [-0.05, 0) is 18.2 Å². The van der Waals surface area contributed by atoms with E-state index >= 15 is 0 Å². The number of halogens is 1. The maximum absolute atomic E-state index is 10.0. The van der Waals surface area contributed by atoms with Gasteiger partial charge >= 0.3 is 0 Å². The summed E-state index contributed by atoms with van der Waals surface area (Å²) < 4.78 is 0.924. The minimum Gasteiger partial charge on any atom is -0.394 e. The third kappa shape index (κ3) is 5.39. The van der Waals surface area contributed by atoms with Gasteiger partial charge in [0.15, 0.2) is 0 Å². The highest BCUT2D eigenvalue weighted by atomic mass is 79.9. The monoisotopic (exact) mass is 479 g/mol. The number of anilines is 3. The summed E-state index contributed by atoms with van der Waals surface area (Å²) in [6.07, 6.45) is -3.30. The number of aliphatic hydroxyl groups excluding tert-OH is 5. The SMILES string of the molecule is OCC(O)C(O)C(O)C(O)CNc1cc2ncnc(Nc3cccc(Br)c3)c2cn1. The highest BCUT2D eigenvalue weighted by molar-refractivity contribution is 9.10. The fourth-order valence-electron chi connectivity index (χ4n) is 2.74. The number of rotatable bonds is 9. The number of nitrogens with one attached hydrogen (secondary N) is 2. The third-order valence-corrected chi connectivity index (χ3v) is 4.92. The predicted molar refractivity (Wildman–Crippen MR) is 114 cm³/mol. The molecule has 0 amide bonds. The molecule has 10 nitrogen and oxygen atoms in total. The van der Waals surface area contributed by atoms with Gasteiger partial charge in [-0.1, -0.05) is 22.0 Å². The minimum atomic E-state index is -1.68. The number of pyridine rings is 1. The van der Waals surface area contributed by atoms with Crippen molar-refractivity contribution >= 4 is 44.2 Å². The van der Waals surface area contributed by atoms with Crippen molar-refractivity contribution in [2.24, 2.45) is 0 Å². The van der Waals surface area contributed by atoms with Crippen LogP contribution in [0.2, 0.25) is 0 Å². The molecule has 0 saturated carbocycles. The molecule has 0 radical (unpaired) electrons.